The molecule has 1 N–H and O–H groups in total. The molecule has 0 fully saturated rings. The number of rotatable bonds is 3. The minimum absolute atomic E-state index is 1.01. The first-order chi connectivity index (χ1) is 7.74. The van der Waals surface area contributed by atoms with Crippen LogP contribution >= 0.6 is 0 Å². The maximum absolute atomic E-state index is 4.47. The number of hydrogen-bond donors (Lipinski definition) is 1. The lowest BCUT2D eigenvalue weighted by molar-refractivity contribution is 0.981. The van der Waals surface area contributed by atoms with E-state index in [1.807, 2.05) is 6.20 Å². The van der Waals surface area contributed by atoms with E-state index in [4.69, 9.17) is 0 Å². The average Bonchev–Trinajstić information content (AvgIpc) is 2.31. The lowest BCUT2D eigenvalue weighted by Crippen LogP contribution is -2.01. The fourth-order valence-corrected chi connectivity index (χ4v) is 1.98. The van der Waals surface area contributed by atoms with Crippen molar-refractivity contribution in [3.05, 3.63) is 35.5 Å². The lowest BCUT2D eigenvalue weighted by Gasteiger charge is -2.11. The Balaban J connectivity index is 2.61. The number of pyridine rings is 1. The Morgan fingerprint density at radius 3 is 2.62 bits per heavy atom. The van der Waals surface area contributed by atoms with Crippen molar-refractivity contribution in [2.24, 2.45) is 0 Å². The first-order valence-corrected chi connectivity index (χ1v) is 5.83. The number of hydrogen-bond acceptors (Lipinski definition) is 2. The zero-order chi connectivity index (χ0) is 11.5. The van der Waals surface area contributed by atoms with Crippen LogP contribution < -0.4 is 5.32 Å². The molecule has 0 aliphatic carbocycles. The van der Waals surface area contributed by atoms with Crippen LogP contribution in [0.2, 0.25) is 0 Å². The van der Waals surface area contributed by atoms with E-state index in [1.54, 1.807) is 0 Å². The molecule has 1 heterocycles. The fraction of sp³-hybridized carbons (Fsp3) is 0.357. The van der Waals surface area contributed by atoms with Crippen molar-refractivity contribution in [2.45, 2.75) is 27.2 Å². The van der Waals surface area contributed by atoms with Gasteiger partial charge in [-0.2, -0.15) is 0 Å². The zero-order valence-electron chi connectivity index (χ0n) is 10.2. The average molecular weight is 214 g/mol. The highest BCUT2D eigenvalue weighted by Crippen LogP contribution is 2.27. The van der Waals surface area contributed by atoms with Crippen LogP contribution in [0.3, 0.4) is 0 Å². The van der Waals surface area contributed by atoms with E-state index in [2.05, 4.69) is 49.3 Å². The van der Waals surface area contributed by atoms with E-state index in [-0.39, 0.29) is 0 Å². The van der Waals surface area contributed by atoms with Crippen molar-refractivity contribution in [3.8, 4) is 0 Å². The van der Waals surface area contributed by atoms with Gasteiger partial charge < -0.3 is 5.32 Å². The molecule has 0 saturated carbocycles. The summed E-state index contributed by atoms with van der Waals surface area (Å²) in [5.74, 6) is 0. The minimum Gasteiger partial charge on any atom is -0.384 e. The van der Waals surface area contributed by atoms with Gasteiger partial charge in [-0.15, -0.1) is 0 Å². The Morgan fingerprint density at radius 1 is 1.12 bits per heavy atom. The Kier molecular flexibility index (Phi) is 3.09. The number of anilines is 1. The topological polar surface area (TPSA) is 24.9 Å². The number of aryl methyl sites for hydroxylation is 2. The van der Waals surface area contributed by atoms with E-state index < -0.39 is 0 Å². The summed E-state index contributed by atoms with van der Waals surface area (Å²) in [4.78, 5) is 4.47. The largest absolute Gasteiger partial charge is 0.384 e. The van der Waals surface area contributed by atoms with Gasteiger partial charge in [-0.05, 0) is 37.5 Å². The quantitative estimate of drug-likeness (QED) is 0.843. The third kappa shape index (κ3) is 1.87. The molecule has 0 aliphatic rings. The highest BCUT2D eigenvalue weighted by Gasteiger charge is 2.06. The van der Waals surface area contributed by atoms with Crippen molar-refractivity contribution < 1.29 is 0 Å². The second-order valence-electron chi connectivity index (χ2n) is 4.21. The molecule has 0 bridgehead atoms. The Bertz CT molecular complexity index is 503. The van der Waals surface area contributed by atoms with Crippen molar-refractivity contribution in [1.82, 2.24) is 4.98 Å². The van der Waals surface area contributed by atoms with Crippen LogP contribution in [0.25, 0.3) is 10.9 Å². The summed E-state index contributed by atoms with van der Waals surface area (Å²) in [5, 5.41) is 4.73. The normalized spacial score (nSPS) is 10.7. The van der Waals surface area contributed by atoms with Crippen molar-refractivity contribution >= 4 is 16.6 Å². The van der Waals surface area contributed by atoms with E-state index in [1.165, 1.54) is 22.2 Å². The van der Waals surface area contributed by atoms with Crippen LogP contribution in [0.5, 0.6) is 0 Å². The van der Waals surface area contributed by atoms with Gasteiger partial charge in [0.05, 0.1) is 5.52 Å². The summed E-state index contributed by atoms with van der Waals surface area (Å²) in [7, 11) is 0. The van der Waals surface area contributed by atoms with Gasteiger partial charge in [0.1, 0.15) is 0 Å². The van der Waals surface area contributed by atoms with E-state index in [0.29, 0.717) is 0 Å². The lowest BCUT2D eigenvalue weighted by atomic mass is 10.0. The third-order valence-corrected chi connectivity index (χ3v) is 2.87. The van der Waals surface area contributed by atoms with Gasteiger partial charge in [-0.25, -0.2) is 0 Å². The van der Waals surface area contributed by atoms with Gasteiger partial charge in [-0.1, -0.05) is 19.1 Å². The van der Waals surface area contributed by atoms with Crippen LogP contribution in [0.15, 0.2) is 24.4 Å². The summed E-state index contributed by atoms with van der Waals surface area (Å²) in [6, 6.07) is 6.36. The SMILES string of the molecule is CCCNc1ccnc2c(C)ccc(C)c12. The highest BCUT2D eigenvalue weighted by atomic mass is 14.9. The molecular weight excluding hydrogens is 196 g/mol. The van der Waals surface area contributed by atoms with Gasteiger partial charge in [0.25, 0.3) is 0 Å². The molecule has 0 unspecified atom stereocenters. The predicted molar refractivity (Wildman–Crippen MR) is 70.0 cm³/mol. The maximum Gasteiger partial charge on any atom is 0.0754 e. The van der Waals surface area contributed by atoms with Gasteiger partial charge in [0.15, 0.2) is 0 Å². The van der Waals surface area contributed by atoms with Gasteiger partial charge >= 0.3 is 0 Å². The number of aromatic nitrogens is 1. The number of benzene rings is 1. The fourth-order valence-electron chi connectivity index (χ4n) is 1.98. The van der Waals surface area contributed by atoms with Crippen LogP contribution in [-0.2, 0) is 0 Å². The molecule has 0 aliphatic heterocycles. The second kappa shape index (κ2) is 4.52. The molecular formula is C14H18N2. The van der Waals surface area contributed by atoms with E-state index in [9.17, 15) is 0 Å². The van der Waals surface area contributed by atoms with Crippen LogP contribution in [0.1, 0.15) is 24.5 Å². The highest BCUT2D eigenvalue weighted by molar-refractivity contribution is 5.95. The number of fused-ring (bicyclic) bond motifs is 1. The summed E-state index contributed by atoms with van der Waals surface area (Å²) < 4.78 is 0. The van der Waals surface area contributed by atoms with Crippen molar-refractivity contribution in [1.29, 1.82) is 0 Å². The van der Waals surface area contributed by atoms with Crippen molar-refractivity contribution in [2.75, 3.05) is 11.9 Å². The standard InChI is InChI=1S/C14H18N2/c1-4-8-15-12-7-9-16-14-11(3)6-5-10(2)13(12)14/h5-7,9H,4,8H2,1-3H3,(H,15,16). The molecule has 0 atom stereocenters. The van der Waals surface area contributed by atoms with Crippen LogP contribution in [-0.4, -0.2) is 11.5 Å². The first-order valence-electron chi connectivity index (χ1n) is 5.83. The molecule has 1 aromatic heterocycles. The molecule has 2 aromatic rings. The van der Waals surface area contributed by atoms with Gasteiger partial charge in [0, 0.05) is 23.8 Å². The molecule has 84 valence electrons. The third-order valence-electron chi connectivity index (χ3n) is 2.87. The monoisotopic (exact) mass is 214 g/mol. The first kappa shape index (κ1) is 10.9. The Morgan fingerprint density at radius 2 is 1.88 bits per heavy atom. The summed E-state index contributed by atoms with van der Waals surface area (Å²) in [6.07, 6.45) is 3.02. The molecule has 0 saturated heterocycles. The number of nitrogens with zero attached hydrogens (tertiary/aromatic N) is 1. The van der Waals surface area contributed by atoms with Gasteiger partial charge in [0.2, 0.25) is 0 Å². The molecule has 0 amide bonds. The summed E-state index contributed by atoms with van der Waals surface area (Å²) in [6.45, 7) is 7.43. The predicted octanol–water partition coefficient (Wildman–Crippen LogP) is 3.67. The molecule has 2 nitrogen and oxygen atoms in total. The van der Waals surface area contributed by atoms with Crippen molar-refractivity contribution in [3.63, 3.8) is 0 Å². The maximum atomic E-state index is 4.47. The molecule has 2 rings (SSSR count). The molecule has 0 radical (unpaired) electrons. The summed E-state index contributed by atoms with van der Waals surface area (Å²) >= 11 is 0. The van der Waals surface area contributed by atoms with Gasteiger partial charge in [-0.3, -0.25) is 4.98 Å². The Labute approximate surface area is 96.7 Å². The van der Waals surface area contributed by atoms with Crippen LogP contribution in [0, 0.1) is 13.8 Å². The molecule has 0 spiro atoms. The molecule has 16 heavy (non-hydrogen) atoms. The molecule has 1 aromatic carbocycles. The smallest absolute Gasteiger partial charge is 0.0754 e. The second-order valence-corrected chi connectivity index (χ2v) is 4.21. The minimum atomic E-state index is 1.01. The van der Waals surface area contributed by atoms with E-state index in [0.717, 1.165) is 18.5 Å². The van der Waals surface area contributed by atoms with E-state index >= 15 is 0 Å². The summed E-state index contributed by atoms with van der Waals surface area (Å²) in [5.41, 5.74) is 4.84. The number of nitrogens with one attached hydrogen (secondary N) is 1. The van der Waals surface area contributed by atoms with Crippen LogP contribution in [0.4, 0.5) is 5.69 Å². The zero-order valence-corrected chi connectivity index (χ0v) is 10.2. The molecule has 2 heteroatoms. The Hall–Kier alpha value is -1.57.